The maximum atomic E-state index is 10.9. The summed E-state index contributed by atoms with van der Waals surface area (Å²) in [5.74, 6) is 0.951. The lowest BCUT2D eigenvalue weighted by Gasteiger charge is -2.17. The van der Waals surface area contributed by atoms with Crippen molar-refractivity contribution in [3.8, 4) is 0 Å². The summed E-state index contributed by atoms with van der Waals surface area (Å²) in [6.45, 7) is 0.599. The van der Waals surface area contributed by atoms with Crippen molar-refractivity contribution in [2.45, 2.75) is 35.3 Å². The summed E-state index contributed by atoms with van der Waals surface area (Å²) >= 11 is 1.48. The fourth-order valence-corrected chi connectivity index (χ4v) is 3.84. The van der Waals surface area contributed by atoms with Crippen LogP contribution in [0.15, 0.2) is 28.0 Å². The van der Waals surface area contributed by atoms with Crippen LogP contribution in [0.4, 0.5) is 0 Å². The number of aromatic nitrogens is 4. The zero-order chi connectivity index (χ0) is 17.2. The molecule has 0 aliphatic carbocycles. The normalized spacial score (nSPS) is 28.3. The van der Waals surface area contributed by atoms with Gasteiger partial charge in [0.25, 0.3) is 0 Å². The van der Waals surface area contributed by atoms with Gasteiger partial charge in [0.1, 0.15) is 36.7 Å². The molecule has 4 rings (SSSR count). The second-order valence-corrected chi connectivity index (χ2v) is 6.70. The first kappa shape index (κ1) is 16.5. The Balaban J connectivity index is 1.42. The van der Waals surface area contributed by atoms with Crippen molar-refractivity contribution < 1.29 is 23.4 Å². The minimum Gasteiger partial charge on any atom is -0.468 e. The number of amides is 1. The molecule has 2 aromatic heterocycles. The lowest BCUT2D eigenvalue weighted by atomic mass is 10.1. The van der Waals surface area contributed by atoms with Crippen LogP contribution in [0.25, 0.3) is 0 Å². The Morgan fingerprint density at radius 3 is 3.08 bits per heavy atom. The van der Waals surface area contributed by atoms with E-state index in [9.17, 15) is 4.79 Å². The van der Waals surface area contributed by atoms with E-state index >= 15 is 0 Å². The number of tetrazole rings is 1. The van der Waals surface area contributed by atoms with Crippen LogP contribution >= 0.6 is 11.8 Å². The van der Waals surface area contributed by atoms with Crippen LogP contribution in [0.3, 0.4) is 0 Å². The number of thioether (sulfide) groups is 1. The third-order valence-electron chi connectivity index (χ3n) is 4.12. The standard InChI is InChI=1S/C14H17N5O5S/c15-11(20)6-22-10-5-24-12-9(4-23-13(10)12)19-14(16-17-18-19)25-7-8-2-1-3-21-8/h1-3,9-10,12-13H,4-7H2,(H2,15,20)/t9-,10+,12+,13+/m0/s1. The van der Waals surface area contributed by atoms with E-state index in [1.165, 1.54) is 11.8 Å². The number of ether oxygens (including phenoxy) is 3. The monoisotopic (exact) mass is 367 g/mol. The van der Waals surface area contributed by atoms with E-state index in [0.29, 0.717) is 24.1 Å². The number of furan rings is 1. The van der Waals surface area contributed by atoms with Gasteiger partial charge >= 0.3 is 0 Å². The lowest BCUT2D eigenvalue weighted by molar-refractivity contribution is -0.126. The smallest absolute Gasteiger partial charge is 0.243 e. The molecule has 0 unspecified atom stereocenters. The summed E-state index contributed by atoms with van der Waals surface area (Å²) in [6, 6.07) is 3.59. The van der Waals surface area contributed by atoms with Crippen molar-refractivity contribution in [2.24, 2.45) is 5.73 Å². The van der Waals surface area contributed by atoms with Crippen molar-refractivity contribution in [1.82, 2.24) is 20.2 Å². The predicted molar refractivity (Wildman–Crippen MR) is 83.5 cm³/mol. The van der Waals surface area contributed by atoms with Gasteiger partial charge in [0.2, 0.25) is 11.1 Å². The number of fused-ring (bicyclic) bond motifs is 1. The number of rotatable bonds is 7. The van der Waals surface area contributed by atoms with Gasteiger partial charge in [-0.2, -0.15) is 0 Å². The molecule has 10 nitrogen and oxygen atoms in total. The maximum Gasteiger partial charge on any atom is 0.243 e. The number of hydrogen-bond acceptors (Lipinski definition) is 9. The maximum absolute atomic E-state index is 10.9. The van der Waals surface area contributed by atoms with Gasteiger partial charge in [-0.15, -0.1) is 5.10 Å². The number of carbonyl (C=O) groups excluding carboxylic acids is 1. The first-order valence-electron chi connectivity index (χ1n) is 7.78. The third kappa shape index (κ3) is 3.40. The topological polar surface area (TPSA) is 128 Å². The molecule has 2 aromatic rings. The van der Waals surface area contributed by atoms with Crippen molar-refractivity contribution in [2.75, 3.05) is 19.8 Å². The Morgan fingerprint density at radius 2 is 2.28 bits per heavy atom. The quantitative estimate of drug-likeness (QED) is 0.660. The van der Waals surface area contributed by atoms with Gasteiger partial charge in [-0.1, -0.05) is 11.8 Å². The van der Waals surface area contributed by atoms with Crippen LogP contribution in [-0.4, -0.2) is 64.2 Å². The van der Waals surface area contributed by atoms with Crippen LogP contribution in [0.1, 0.15) is 11.8 Å². The summed E-state index contributed by atoms with van der Waals surface area (Å²) in [7, 11) is 0. The highest BCUT2D eigenvalue weighted by Crippen LogP contribution is 2.36. The van der Waals surface area contributed by atoms with Crippen molar-refractivity contribution in [3.05, 3.63) is 24.2 Å². The van der Waals surface area contributed by atoms with E-state index in [1.807, 2.05) is 12.1 Å². The van der Waals surface area contributed by atoms with Gasteiger partial charge in [-0.25, -0.2) is 4.68 Å². The lowest BCUT2D eigenvalue weighted by Crippen LogP contribution is -2.34. The summed E-state index contributed by atoms with van der Waals surface area (Å²) in [4.78, 5) is 10.9. The molecule has 134 valence electrons. The SMILES string of the molecule is NC(=O)CO[C@@H]1CO[C@H]2[C@@H]1OC[C@@H]2n1nnnc1SCc1ccco1. The van der Waals surface area contributed by atoms with Gasteiger partial charge in [0, 0.05) is 0 Å². The molecular formula is C14H17N5O5S. The van der Waals surface area contributed by atoms with E-state index in [1.54, 1.807) is 10.9 Å². The Bertz CT molecular complexity index is 723. The summed E-state index contributed by atoms with van der Waals surface area (Å²) in [5.41, 5.74) is 5.12. The van der Waals surface area contributed by atoms with E-state index in [4.69, 9.17) is 24.4 Å². The van der Waals surface area contributed by atoms with Crippen LogP contribution in [0.2, 0.25) is 0 Å². The molecule has 0 saturated carbocycles. The molecule has 2 aliphatic heterocycles. The molecule has 0 spiro atoms. The average Bonchev–Trinajstić information content (AvgIpc) is 3.34. The van der Waals surface area contributed by atoms with Crippen LogP contribution < -0.4 is 5.73 Å². The number of hydrogen-bond donors (Lipinski definition) is 1. The van der Waals surface area contributed by atoms with Crippen LogP contribution in [-0.2, 0) is 24.8 Å². The van der Waals surface area contributed by atoms with E-state index < -0.39 is 5.91 Å². The van der Waals surface area contributed by atoms with E-state index in [2.05, 4.69) is 15.5 Å². The number of nitrogens with zero attached hydrogens (tertiary/aromatic N) is 4. The van der Waals surface area contributed by atoms with E-state index in [-0.39, 0.29) is 31.0 Å². The van der Waals surface area contributed by atoms with Gasteiger partial charge in [-0.05, 0) is 22.6 Å². The van der Waals surface area contributed by atoms with Crippen molar-refractivity contribution in [3.63, 3.8) is 0 Å². The Morgan fingerprint density at radius 1 is 1.40 bits per heavy atom. The molecule has 0 aromatic carbocycles. The molecule has 2 N–H and O–H groups in total. The first-order valence-corrected chi connectivity index (χ1v) is 8.77. The fraction of sp³-hybridized carbons (Fsp3) is 0.571. The van der Waals surface area contributed by atoms with E-state index in [0.717, 1.165) is 5.76 Å². The minimum absolute atomic E-state index is 0.152. The zero-order valence-corrected chi connectivity index (χ0v) is 14.0. The summed E-state index contributed by atoms with van der Waals surface area (Å²) in [6.07, 6.45) is 0.811. The fourth-order valence-electron chi connectivity index (χ4n) is 3.00. The molecule has 2 aliphatic rings. The minimum atomic E-state index is -0.518. The second-order valence-electron chi connectivity index (χ2n) is 5.75. The second kappa shape index (κ2) is 7.12. The van der Waals surface area contributed by atoms with Gasteiger partial charge < -0.3 is 24.4 Å². The molecular weight excluding hydrogens is 350 g/mol. The largest absolute Gasteiger partial charge is 0.468 e. The third-order valence-corrected chi connectivity index (χ3v) is 5.08. The molecule has 4 heterocycles. The molecule has 0 bridgehead atoms. The van der Waals surface area contributed by atoms with Gasteiger partial charge in [0.15, 0.2) is 0 Å². The molecule has 1 amide bonds. The van der Waals surface area contributed by atoms with Crippen LogP contribution in [0.5, 0.6) is 0 Å². The highest BCUT2D eigenvalue weighted by Gasteiger charge is 2.50. The van der Waals surface area contributed by atoms with Crippen molar-refractivity contribution in [1.29, 1.82) is 0 Å². The number of nitrogens with two attached hydrogens (primary N) is 1. The highest BCUT2D eigenvalue weighted by atomic mass is 32.2. The average molecular weight is 367 g/mol. The Hall–Kier alpha value is -1.95. The van der Waals surface area contributed by atoms with Crippen molar-refractivity contribution >= 4 is 17.7 Å². The molecule has 11 heteroatoms. The first-order chi connectivity index (χ1) is 12.2. The molecule has 25 heavy (non-hydrogen) atoms. The molecule has 2 saturated heterocycles. The molecule has 4 atom stereocenters. The predicted octanol–water partition coefficient (Wildman–Crippen LogP) is -0.232. The van der Waals surface area contributed by atoms with Gasteiger partial charge in [-0.3, -0.25) is 4.79 Å². The summed E-state index contributed by atoms with van der Waals surface area (Å²) < 4.78 is 24.1. The molecule has 0 radical (unpaired) electrons. The highest BCUT2D eigenvalue weighted by molar-refractivity contribution is 7.98. The Labute approximate surface area is 147 Å². The number of carbonyl (C=O) groups is 1. The summed E-state index contributed by atoms with van der Waals surface area (Å²) in [5, 5.41) is 12.6. The number of primary amides is 1. The van der Waals surface area contributed by atoms with Gasteiger partial charge in [0.05, 0.1) is 25.2 Å². The van der Waals surface area contributed by atoms with Crippen LogP contribution in [0, 0.1) is 0 Å². The Kier molecular flexibility index (Phi) is 4.70. The molecule has 2 fully saturated rings. The zero-order valence-electron chi connectivity index (χ0n) is 13.2.